The van der Waals surface area contributed by atoms with Crippen LogP contribution in [0.25, 0.3) is 0 Å². The average molecular weight is 362 g/mol. The highest BCUT2D eigenvalue weighted by Gasteiger charge is 2.34. The van der Waals surface area contributed by atoms with Gasteiger partial charge in [0.15, 0.2) is 0 Å². The first-order valence-electron chi connectivity index (χ1n) is 7.05. The number of hydrazine groups is 1. The second-order valence-corrected chi connectivity index (χ2v) is 4.67. The minimum absolute atomic E-state index is 0. The Kier molecular flexibility index (Phi) is 15.6. The van der Waals surface area contributed by atoms with E-state index in [1.54, 1.807) is 36.4 Å². The smallest absolute Gasteiger partial charge is 0.261 e. The molecule has 0 unspecified atom stereocenters. The molecule has 1 aliphatic rings. The molecule has 0 radical (unpaired) electrons. The van der Waals surface area contributed by atoms with Crippen LogP contribution in [0.2, 0.25) is 0 Å². The Morgan fingerprint density at radius 3 is 1.62 bits per heavy atom. The van der Waals surface area contributed by atoms with Crippen LogP contribution in [0.15, 0.2) is 73.9 Å². The lowest BCUT2D eigenvalue weighted by atomic mass is 10.1. The van der Waals surface area contributed by atoms with E-state index in [4.69, 9.17) is 5.73 Å². The molecular weight excluding hydrogens is 332 g/mol. The van der Waals surface area contributed by atoms with Crippen molar-refractivity contribution in [2.24, 2.45) is 17.4 Å². The van der Waals surface area contributed by atoms with Gasteiger partial charge in [0.1, 0.15) is 0 Å². The average Bonchev–Trinajstić information content (AvgIpc) is 2.88. The van der Waals surface area contributed by atoms with Crippen molar-refractivity contribution >= 4 is 11.8 Å². The van der Waals surface area contributed by atoms with Crippen molar-refractivity contribution in [3.63, 3.8) is 0 Å². The van der Waals surface area contributed by atoms with Gasteiger partial charge in [-0.2, -0.15) is 0 Å². The zero-order chi connectivity index (χ0) is 18.7. The summed E-state index contributed by atoms with van der Waals surface area (Å²) in [6.45, 7) is 15.0. The molecule has 0 spiro atoms. The van der Waals surface area contributed by atoms with Gasteiger partial charge in [0.05, 0.1) is 17.7 Å². The molecule has 8 N–H and O–H groups in total. The van der Waals surface area contributed by atoms with E-state index in [0.717, 1.165) is 5.57 Å². The SMILES string of the molecule is C.C=CC(=C)CN.C=CC(=C)CN1C(=O)c2ccccc2C1=O.NN.O. The summed E-state index contributed by atoms with van der Waals surface area (Å²) in [6, 6.07) is 6.81. The summed E-state index contributed by atoms with van der Waals surface area (Å²) in [5, 5.41) is 0. The molecule has 26 heavy (non-hydrogen) atoms. The number of rotatable bonds is 5. The first-order valence-corrected chi connectivity index (χ1v) is 7.05. The molecule has 0 bridgehead atoms. The zero-order valence-corrected chi connectivity index (χ0v) is 14.2. The maximum Gasteiger partial charge on any atom is 0.261 e. The quantitative estimate of drug-likeness (QED) is 0.313. The second kappa shape index (κ2) is 14.5. The first kappa shape index (κ1) is 28.0. The molecule has 1 aromatic rings. The first-order chi connectivity index (χ1) is 11.5. The molecule has 2 amide bonds. The molecule has 0 aromatic heterocycles. The molecule has 7 nitrogen and oxygen atoms in total. The van der Waals surface area contributed by atoms with Crippen LogP contribution in [0.5, 0.6) is 0 Å². The van der Waals surface area contributed by atoms with Gasteiger partial charge in [0.25, 0.3) is 11.8 Å². The number of nitrogens with zero attached hydrogens (tertiary/aromatic N) is 1. The third-order valence-electron chi connectivity index (χ3n) is 3.08. The molecule has 0 fully saturated rings. The number of nitrogens with two attached hydrogens (primary N) is 3. The van der Waals surface area contributed by atoms with E-state index in [2.05, 4.69) is 38.0 Å². The van der Waals surface area contributed by atoms with Gasteiger partial charge in [-0.1, -0.05) is 58.0 Å². The number of hydrogen-bond acceptors (Lipinski definition) is 5. The molecule has 1 aliphatic heterocycles. The second-order valence-electron chi connectivity index (χ2n) is 4.67. The molecule has 1 aromatic carbocycles. The van der Waals surface area contributed by atoms with Gasteiger partial charge in [-0.3, -0.25) is 26.2 Å². The van der Waals surface area contributed by atoms with Gasteiger partial charge >= 0.3 is 0 Å². The fourth-order valence-corrected chi connectivity index (χ4v) is 1.73. The fourth-order valence-electron chi connectivity index (χ4n) is 1.73. The maximum absolute atomic E-state index is 11.9. The molecule has 7 heteroatoms. The van der Waals surface area contributed by atoms with Crippen LogP contribution >= 0.6 is 0 Å². The van der Waals surface area contributed by atoms with Crippen LogP contribution in [0.3, 0.4) is 0 Å². The van der Waals surface area contributed by atoms with Crippen LogP contribution in [-0.2, 0) is 0 Å². The lowest BCUT2D eigenvalue weighted by Crippen LogP contribution is -2.31. The predicted octanol–water partition coefficient (Wildman–Crippen LogP) is 1.34. The lowest BCUT2D eigenvalue weighted by molar-refractivity contribution is 0.0669. The molecule has 0 saturated heterocycles. The number of carbonyl (C=O) groups excluding carboxylic acids is 2. The molecule has 0 saturated carbocycles. The zero-order valence-electron chi connectivity index (χ0n) is 14.2. The Morgan fingerprint density at radius 1 is 0.962 bits per heavy atom. The molecule has 2 rings (SSSR count). The lowest BCUT2D eigenvalue weighted by Gasteiger charge is -2.13. The number of carbonyl (C=O) groups is 2. The summed E-state index contributed by atoms with van der Waals surface area (Å²) < 4.78 is 0. The van der Waals surface area contributed by atoms with Gasteiger partial charge in [-0.05, 0) is 23.3 Å². The summed E-state index contributed by atoms with van der Waals surface area (Å²) in [4.78, 5) is 25.0. The van der Waals surface area contributed by atoms with Crippen LogP contribution in [0, 0.1) is 0 Å². The van der Waals surface area contributed by atoms with Gasteiger partial charge in [0, 0.05) is 6.54 Å². The highest BCUT2D eigenvalue weighted by atomic mass is 16.2. The van der Waals surface area contributed by atoms with E-state index in [1.807, 2.05) is 0 Å². The van der Waals surface area contributed by atoms with Crippen molar-refractivity contribution in [3.05, 3.63) is 85.0 Å². The summed E-state index contributed by atoms with van der Waals surface area (Å²) in [7, 11) is 0. The summed E-state index contributed by atoms with van der Waals surface area (Å²) in [5.74, 6) is 7.48. The van der Waals surface area contributed by atoms with E-state index in [1.165, 1.54) is 4.90 Å². The van der Waals surface area contributed by atoms with Crippen molar-refractivity contribution < 1.29 is 15.1 Å². The predicted molar refractivity (Wildman–Crippen MR) is 108 cm³/mol. The minimum atomic E-state index is -0.261. The summed E-state index contributed by atoms with van der Waals surface area (Å²) in [5.41, 5.74) is 7.57. The number of benzene rings is 1. The molecule has 144 valence electrons. The van der Waals surface area contributed by atoms with E-state index in [-0.39, 0.29) is 31.3 Å². The molecule has 0 aliphatic carbocycles. The molecule has 0 atom stereocenters. The van der Waals surface area contributed by atoms with E-state index < -0.39 is 0 Å². The highest BCUT2D eigenvalue weighted by molar-refractivity contribution is 6.21. The van der Waals surface area contributed by atoms with Crippen LogP contribution in [-0.4, -0.2) is 35.3 Å². The maximum atomic E-state index is 11.9. The Balaban J connectivity index is -0.000000458. The van der Waals surface area contributed by atoms with Crippen molar-refractivity contribution in [1.82, 2.24) is 4.90 Å². The molecule has 1 heterocycles. The summed E-state index contributed by atoms with van der Waals surface area (Å²) in [6.07, 6.45) is 3.20. The molecular formula is C19H30N4O3. The van der Waals surface area contributed by atoms with Crippen molar-refractivity contribution in [3.8, 4) is 0 Å². The minimum Gasteiger partial charge on any atom is -0.412 e. The topological polar surface area (TPSA) is 147 Å². The van der Waals surface area contributed by atoms with Crippen molar-refractivity contribution in [1.29, 1.82) is 0 Å². The Labute approximate surface area is 155 Å². The van der Waals surface area contributed by atoms with Gasteiger partial charge in [-0.25, -0.2) is 0 Å². The van der Waals surface area contributed by atoms with Gasteiger partial charge in [-0.15, -0.1) is 0 Å². The number of fused-ring (bicyclic) bond motifs is 1. The van der Waals surface area contributed by atoms with Gasteiger partial charge < -0.3 is 11.2 Å². The van der Waals surface area contributed by atoms with E-state index >= 15 is 0 Å². The Morgan fingerprint density at radius 2 is 1.35 bits per heavy atom. The summed E-state index contributed by atoms with van der Waals surface area (Å²) >= 11 is 0. The van der Waals surface area contributed by atoms with Crippen LogP contribution in [0.4, 0.5) is 0 Å². The van der Waals surface area contributed by atoms with Crippen molar-refractivity contribution in [2.75, 3.05) is 13.1 Å². The third kappa shape index (κ3) is 7.37. The van der Waals surface area contributed by atoms with Gasteiger partial charge in [0.2, 0.25) is 0 Å². The van der Waals surface area contributed by atoms with E-state index in [9.17, 15) is 9.59 Å². The third-order valence-corrected chi connectivity index (χ3v) is 3.08. The highest BCUT2D eigenvalue weighted by Crippen LogP contribution is 2.22. The number of amides is 2. The van der Waals surface area contributed by atoms with Crippen LogP contribution in [0.1, 0.15) is 28.1 Å². The Hall–Kier alpha value is -2.84. The Bertz CT molecular complexity index is 619. The number of hydrogen-bond donors (Lipinski definition) is 3. The monoisotopic (exact) mass is 362 g/mol. The largest absolute Gasteiger partial charge is 0.412 e. The van der Waals surface area contributed by atoms with Crippen LogP contribution < -0.4 is 17.4 Å². The number of imide groups is 1. The fraction of sp³-hybridized carbons (Fsp3) is 0.158. The van der Waals surface area contributed by atoms with Crippen molar-refractivity contribution in [2.45, 2.75) is 7.43 Å². The van der Waals surface area contributed by atoms with E-state index in [0.29, 0.717) is 23.2 Å². The normalized spacial score (nSPS) is 10.5. The standard InChI is InChI=1S/C13H11NO2.C5H9N.CH4.H4N2.H2O/c1-3-9(2)8-14-12(15)10-6-4-5-7-11(10)13(14)16;1-3-5(2)4-6;;1-2;/h3-7H,1-2,8H2;3H,1-2,4,6H2;1H4;1-2H2;1H2.